The van der Waals surface area contributed by atoms with Crippen molar-refractivity contribution in [1.82, 2.24) is 14.3 Å². The van der Waals surface area contributed by atoms with Crippen LogP contribution in [0.4, 0.5) is 0 Å². The minimum absolute atomic E-state index is 0.575. The van der Waals surface area contributed by atoms with Gasteiger partial charge in [0.2, 0.25) is 0 Å². The van der Waals surface area contributed by atoms with Crippen molar-refractivity contribution in [2.75, 3.05) is 32.7 Å². The van der Waals surface area contributed by atoms with Crippen molar-refractivity contribution in [2.24, 2.45) is 5.92 Å². The third-order valence-electron chi connectivity index (χ3n) is 3.89. The highest BCUT2D eigenvalue weighted by Gasteiger charge is 2.23. The lowest BCUT2D eigenvalue weighted by Crippen LogP contribution is -2.44. The van der Waals surface area contributed by atoms with Crippen molar-refractivity contribution in [1.29, 1.82) is 0 Å². The predicted molar refractivity (Wildman–Crippen MR) is 72.6 cm³/mol. The normalized spacial score (nSPS) is 27.2. The molecule has 2 aliphatic rings. The van der Waals surface area contributed by atoms with Gasteiger partial charge in [-0.3, -0.25) is 0 Å². The molecule has 0 amide bonds. The highest BCUT2D eigenvalue weighted by molar-refractivity contribution is 7.87. The Bertz CT molecular complexity index is 333. The Kier molecular flexibility index (Phi) is 5.41. The molecular formula is C12H25N3O2S. The van der Waals surface area contributed by atoms with E-state index in [2.05, 4.69) is 10.0 Å². The van der Waals surface area contributed by atoms with Crippen molar-refractivity contribution in [2.45, 2.75) is 38.5 Å². The quantitative estimate of drug-likeness (QED) is 0.776. The summed E-state index contributed by atoms with van der Waals surface area (Å²) in [6.07, 6.45) is 6.52. The van der Waals surface area contributed by atoms with E-state index < -0.39 is 10.2 Å². The Morgan fingerprint density at radius 3 is 2.61 bits per heavy atom. The molecule has 0 saturated carbocycles. The summed E-state index contributed by atoms with van der Waals surface area (Å²) in [7, 11) is -3.22. The summed E-state index contributed by atoms with van der Waals surface area (Å²) in [4.78, 5) is 0. The van der Waals surface area contributed by atoms with Crippen molar-refractivity contribution >= 4 is 10.2 Å². The van der Waals surface area contributed by atoms with E-state index in [1.807, 2.05) is 0 Å². The number of nitrogens with one attached hydrogen (secondary N) is 2. The van der Waals surface area contributed by atoms with Crippen LogP contribution in [-0.2, 0) is 10.2 Å². The second-order valence-electron chi connectivity index (χ2n) is 5.36. The first-order valence-corrected chi connectivity index (χ1v) is 8.58. The molecule has 2 saturated heterocycles. The maximum absolute atomic E-state index is 12.0. The molecular weight excluding hydrogens is 250 g/mol. The topological polar surface area (TPSA) is 61.4 Å². The molecule has 1 atom stereocenters. The average molecular weight is 275 g/mol. The van der Waals surface area contributed by atoms with E-state index in [1.165, 1.54) is 12.8 Å². The van der Waals surface area contributed by atoms with Gasteiger partial charge >= 0.3 is 0 Å². The van der Waals surface area contributed by atoms with Crippen LogP contribution in [0.2, 0.25) is 0 Å². The van der Waals surface area contributed by atoms with Crippen molar-refractivity contribution < 1.29 is 8.42 Å². The fraction of sp³-hybridized carbons (Fsp3) is 1.00. The van der Waals surface area contributed by atoms with Crippen LogP contribution in [-0.4, -0.2) is 45.4 Å². The lowest BCUT2D eigenvalue weighted by Gasteiger charge is -2.27. The zero-order valence-corrected chi connectivity index (χ0v) is 11.8. The SMILES string of the molecule is O=S(=O)(NCCC1CCCNC1)N1CCCCC1. The first-order valence-electron chi connectivity index (χ1n) is 7.14. The van der Waals surface area contributed by atoms with Gasteiger partial charge in [0.05, 0.1) is 0 Å². The highest BCUT2D eigenvalue weighted by atomic mass is 32.2. The van der Waals surface area contributed by atoms with Crippen LogP contribution in [0.3, 0.4) is 0 Å². The number of hydrogen-bond donors (Lipinski definition) is 2. The fourth-order valence-electron chi connectivity index (χ4n) is 2.76. The molecule has 0 aromatic heterocycles. The van der Waals surface area contributed by atoms with Crippen LogP contribution in [0.5, 0.6) is 0 Å². The second kappa shape index (κ2) is 6.84. The molecule has 18 heavy (non-hydrogen) atoms. The molecule has 0 aromatic rings. The summed E-state index contributed by atoms with van der Waals surface area (Å²) >= 11 is 0. The van der Waals surface area contributed by atoms with Gasteiger partial charge in [-0.2, -0.15) is 12.7 Å². The predicted octanol–water partition coefficient (Wildman–Crippen LogP) is 0.696. The lowest BCUT2D eigenvalue weighted by atomic mass is 9.96. The van der Waals surface area contributed by atoms with Crippen LogP contribution in [0, 0.1) is 5.92 Å². The van der Waals surface area contributed by atoms with Crippen LogP contribution < -0.4 is 10.0 Å². The minimum Gasteiger partial charge on any atom is -0.316 e. The number of hydrogen-bond acceptors (Lipinski definition) is 3. The zero-order chi connectivity index (χ0) is 12.8. The van der Waals surface area contributed by atoms with Gasteiger partial charge in [-0.1, -0.05) is 6.42 Å². The Morgan fingerprint density at radius 1 is 1.17 bits per heavy atom. The Balaban J connectivity index is 1.70. The fourth-order valence-corrected chi connectivity index (χ4v) is 4.06. The second-order valence-corrected chi connectivity index (χ2v) is 7.12. The van der Waals surface area contributed by atoms with Gasteiger partial charge in [-0.25, -0.2) is 4.72 Å². The first-order chi connectivity index (χ1) is 8.68. The monoisotopic (exact) mass is 275 g/mol. The first kappa shape index (κ1) is 14.2. The van der Waals surface area contributed by atoms with E-state index in [1.54, 1.807) is 4.31 Å². The van der Waals surface area contributed by atoms with Crippen molar-refractivity contribution in [3.8, 4) is 0 Å². The third kappa shape index (κ3) is 4.19. The number of piperidine rings is 2. The van der Waals surface area contributed by atoms with Crippen LogP contribution in [0.15, 0.2) is 0 Å². The largest absolute Gasteiger partial charge is 0.316 e. The molecule has 2 heterocycles. The minimum atomic E-state index is -3.22. The molecule has 1 unspecified atom stereocenters. The van der Waals surface area contributed by atoms with E-state index in [4.69, 9.17) is 0 Å². The van der Waals surface area contributed by atoms with Gasteiger partial charge in [-0.15, -0.1) is 0 Å². The van der Waals surface area contributed by atoms with Gasteiger partial charge in [0, 0.05) is 19.6 Å². The molecule has 5 nitrogen and oxygen atoms in total. The van der Waals surface area contributed by atoms with Crippen LogP contribution in [0.1, 0.15) is 38.5 Å². The molecule has 0 aromatic carbocycles. The van der Waals surface area contributed by atoms with Crippen molar-refractivity contribution in [3.63, 3.8) is 0 Å². The molecule has 0 bridgehead atoms. The molecule has 2 N–H and O–H groups in total. The van der Waals surface area contributed by atoms with E-state index in [0.717, 1.165) is 38.8 Å². The van der Waals surface area contributed by atoms with Gasteiger partial charge in [0.25, 0.3) is 10.2 Å². The summed E-state index contributed by atoms with van der Waals surface area (Å²) in [5.41, 5.74) is 0. The summed E-state index contributed by atoms with van der Waals surface area (Å²) in [6.45, 7) is 4.08. The Labute approximate surface area is 110 Å². The van der Waals surface area contributed by atoms with Crippen molar-refractivity contribution in [3.05, 3.63) is 0 Å². The van der Waals surface area contributed by atoms with Crippen LogP contribution >= 0.6 is 0 Å². The van der Waals surface area contributed by atoms with Gasteiger partial charge in [0.1, 0.15) is 0 Å². The van der Waals surface area contributed by atoms with E-state index in [0.29, 0.717) is 25.6 Å². The van der Waals surface area contributed by atoms with E-state index in [-0.39, 0.29) is 0 Å². The maximum atomic E-state index is 12.0. The van der Waals surface area contributed by atoms with Gasteiger partial charge < -0.3 is 5.32 Å². The molecule has 0 radical (unpaired) electrons. The lowest BCUT2D eigenvalue weighted by molar-refractivity contribution is 0.334. The molecule has 2 fully saturated rings. The van der Waals surface area contributed by atoms with Gasteiger partial charge in [0.15, 0.2) is 0 Å². The molecule has 0 spiro atoms. The summed E-state index contributed by atoms with van der Waals surface area (Å²) in [5, 5.41) is 3.36. The molecule has 2 aliphatic heterocycles. The molecule has 0 aliphatic carbocycles. The Hall–Kier alpha value is -0.170. The van der Waals surface area contributed by atoms with Crippen LogP contribution in [0.25, 0.3) is 0 Å². The highest BCUT2D eigenvalue weighted by Crippen LogP contribution is 2.14. The molecule has 2 rings (SSSR count). The smallest absolute Gasteiger partial charge is 0.279 e. The molecule has 106 valence electrons. The number of rotatable bonds is 5. The number of nitrogens with zero attached hydrogens (tertiary/aromatic N) is 1. The molecule has 6 heteroatoms. The Morgan fingerprint density at radius 2 is 1.94 bits per heavy atom. The summed E-state index contributed by atoms with van der Waals surface area (Å²) in [6, 6.07) is 0. The summed E-state index contributed by atoms with van der Waals surface area (Å²) in [5.74, 6) is 0.628. The summed E-state index contributed by atoms with van der Waals surface area (Å²) < 4.78 is 28.4. The average Bonchev–Trinajstić information content (AvgIpc) is 2.41. The maximum Gasteiger partial charge on any atom is 0.279 e. The van der Waals surface area contributed by atoms with E-state index in [9.17, 15) is 8.42 Å². The third-order valence-corrected chi connectivity index (χ3v) is 5.50. The zero-order valence-electron chi connectivity index (χ0n) is 11.0. The standard InChI is InChI=1S/C12H25N3O2S/c16-18(17,15-9-2-1-3-10-15)14-8-6-12-5-4-7-13-11-12/h12-14H,1-11H2. The van der Waals surface area contributed by atoms with E-state index >= 15 is 0 Å². The van der Waals surface area contributed by atoms with Gasteiger partial charge in [-0.05, 0) is 51.1 Å².